The van der Waals surface area contributed by atoms with Crippen LogP contribution in [-0.2, 0) is 16.0 Å². The minimum atomic E-state index is -0.105. The average molecular weight is 236 g/mol. The van der Waals surface area contributed by atoms with Crippen LogP contribution >= 0.6 is 0 Å². The summed E-state index contributed by atoms with van der Waals surface area (Å²) in [7, 11) is 1.46. The molecule has 0 bridgehead atoms. The first kappa shape index (κ1) is 11.5. The van der Waals surface area contributed by atoms with Gasteiger partial charge in [0.15, 0.2) is 5.78 Å². The third-order valence-corrected chi connectivity index (χ3v) is 2.22. The monoisotopic (exact) mass is 236 g/mol. The van der Waals surface area contributed by atoms with E-state index >= 15 is 0 Å². The molecule has 90 valence electrons. The molecule has 2 heterocycles. The van der Waals surface area contributed by atoms with Crippen molar-refractivity contribution >= 4 is 5.78 Å². The van der Waals surface area contributed by atoms with Crippen molar-refractivity contribution in [3.63, 3.8) is 0 Å². The molecule has 17 heavy (non-hydrogen) atoms. The van der Waals surface area contributed by atoms with Gasteiger partial charge in [0.1, 0.15) is 12.4 Å². The number of hydrogen-bond donors (Lipinski definition) is 0. The molecule has 2 aromatic heterocycles. The molecule has 0 aliphatic rings. The number of rotatable bonds is 5. The number of aromatic nitrogens is 2. The molecule has 6 heteroatoms. The van der Waals surface area contributed by atoms with Gasteiger partial charge in [0, 0.05) is 7.11 Å². The van der Waals surface area contributed by atoms with Crippen LogP contribution in [0.4, 0.5) is 0 Å². The fraction of sp³-hybridized carbons (Fsp3) is 0.364. The third kappa shape index (κ3) is 2.59. The maximum atomic E-state index is 11.3. The van der Waals surface area contributed by atoms with Crippen LogP contribution < -0.4 is 0 Å². The van der Waals surface area contributed by atoms with E-state index in [1.165, 1.54) is 7.11 Å². The number of carbonyl (C=O) groups is 1. The molecule has 0 spiro atoms. The molecule has 0 atom stereocenters. The highest BCUT2D eigenvalue weighted by atomic mass is 16.5. The summed E-state index contributed by atoms with van der Waals surface area (Å²) in [5.41, 5.74) is 0.763. The van der Waals surface area contributed by atoms with E-state index in [0.717, 1.165) is 5.56 Å². The van der Waals surface area contributed by atoms with Crippen LogP contribution in [0, 0.1) is 6.92 Å². The number of ether oxygens (including phenoxy) is 1. The smallest absolute Gasteiger partial charge is 0.234 e. The molecular weight excluding hydrogens is 224 g/mol. The Morgan fingerprint density at radius 3 is 3.00 bits per heavy atom. The Labute approximate surface area is 97.6 Å². The summed E-state index contributed by atoms with van der Waals surface area (Å²) in [6, 6.07) is 1.75. The zero-order valence-corrected chi connectivity index (χ0v) is 9.60. The minimum absolute atomic E-state index is 0.0441. The second-order valence-electron chi connectivity index (χ2n) is 3.55. The largest absolute Gasteiger partial charge is 0.469 e. The molecule has 0 aromatic carbocycles. The van der Waals surface area contributed by atoms with E-state index < -0.39 is 0 Å². The normalized spacial score (nSPS) is 10.7. The number of furan rings is 1. The minimum Gasteiger partial charge on any atom is -0.469 e. The summed E-state index contributed by atoms with van der Waals surface area (Å²) in [6.07, 6.45) is 1.63. The number of Topliss-reactive ketones (excluding diaryl/α,β-unsaturated/α-hetero) is 1. The Kier molecular flexibility index (Phi) is 3.34. The first-order chi connectivity index (χ1) is 8.20. The van der Waals surface area contributed by atoms with Gasteiger partial charge in [-0.25, -0.2) is 0 Å². The predicted octanol–water partition coefficient (Wildman–Crippen LogP) is 1.40. The van der Waals surface area contributed by atoms with Crippen molar-refractivity contribution in [1.82, 2.24) is 10.1 Å². The molecule has 0 radical (unpaired) electrons. The highest BCUT2D eigenvalue weighted by molar-refractivity contribution is 5.81. The Balaban J connectivity index is 2.11. The molecular formula is C11H12N2O4. The molecule has 0 unspecified atom stereocenters. The van der Waals surface area contributed by atoms with Crippen molar-refractivity contribution in [2.45, 2.75) is 13.3 Å². The molecule has 0 fully saturated rings. The number of carbonyl (C=O) groups excluding carboxylic acids is 1. The van der Waals surface area contributed by atoms with Crippen LogP contribution in [0.5, 0.6) is 0 Å². The molecule has 0 N–H and O–H groups in total. The van der Waals surface area contributed by atoms with Crippen molar-refractivity contribution in [2.24, 2.45) is 0 Å². The van der Waals surface area contributed by atoms with Crippen molar-refractivity contribution in [2.75, 3.05) is 13.7 Å². The number of nitrogens with zero attached hydrogens (tertiary/aromatic N) is 2. The summed E-state index contributed by atoms with van der Waals surface area (Å²) in [5.74, 6) is 1.31. The first-order valence-electron chi connectivity index (χ1n) is 5.08. The van der Waals surface area contributed by atoms with E-state index in [9.17, 15) is 4.79 Å². The van der Waals surface area contributed by atoms with E-state index in [0.29, 0.717) is 11.6 Å². The lowest BCUT2D eigenvalue weighted by Gasteiger charge is -1.93. The molecule has 0 aliphatic carbocycles. The Morgan fingerprint density at radius 1 is 1.53 bits per heavy atom. The van der Waals surface area contributed by atoms with Gasteiger partial charge >= 0.3 is 0 Å². The van der Waals surface area contributed by atoms with Crippen molar-refractivity contribution in [1.29, 1.82) is 0 Å². The van der Waals surface area contributed by atoms with Crippen molar-refractivity contribution < 1.29 is 18.5 Å². The van der Waals surface area contributed by atoms with E-state index in [2.05, 4.69) is 10.1 Å². The van der Waals surface area contributed by atoms with E-state index in [4.69, 9.17) is 13.7 Å². The lowest BCUT2D eigenvalue weighted by Crippen LogP contribution is -2.09. The van der Waals surface area contributed by atoms with E-state index in [1.807, 2.05) is 0 Å². The number of ketones is 1. The highest BCUT2D eigenvalue weighted by Crippen LogP contribution is 2.21. The molecule has 0 amide bonds. The molecule has 0 aliphatic heterocycles. The van der Waals surface area contributed by atoms with Gasteiger partial charge in [-0.3, -0.25) is 4.79 Å². The van der Waals surface area contributed by atoms with Crippen LogP contribution in [-0.4, -0.2) is 29.6 Å². The molecule has 0 saturated heterocycles. The Morgan fingerprint density at radius 2 is 2.35 bits per heavy atom. The van der Waals surface area contributed by atoms with Gasteiger partial charge in [0.05, 0.1) is 18.2 Å². The van der Waals surface area contributed by atoms with Crippen molar-refractivity contribution in [3.8, 4) is 11.4 Å². The number of hydrogen-bond acceptors (Lipinski definition) is 6. The molecule has 2 rings (SSSR count). The first-order valence-corrected chi connectivity index (χ1v) is 5.08. The zero-order valence-electron chi connectivity index (χ0n) is 9.60. The van der Waals surface area contributed by atoms with Crippen LogP contribution in [0.2, 0.25) is 0 Å². The fourth-order valence-electron chi connectivity index (χ4n) is 1.43. The Hall–Kier alpha value is -1.95. The second kappa shape index (κ2) is 4.92. The summed E-state index contributed by atoms with van der Waals surface area (Å²) >= 11 is 0. The second-order valence-corrected chi connectivity index (χ2v) is 3.55. The van der Waals surface area contributed by atoms with Gasteiger partial charge in [-0.2, -0.15) is 4.98 Å². The van der Waals surface area contributed by atoms with Gasteiger partial charge in [-0.15, -0.1) is 0 Å². The summed E-state index contributed by atoms with van der Waals surface area (Å²) in [4.78, 5) is 15.4. The van der Waals surface area contributed by atoms with Crippen LogP contribution in [0.1, 0.15) is 11.7 Å². The quantitative estimate of drug-likeness (QED) is 0.780. The molecule has 0 saturated carbocycles. The maximum Gasteiger partial charge on any atom is 0.234 e. The van der Waals surface area contributed by atoms with Crippen LogP contribution in [0.3, 0.4) is 0 Å². The van der Waals surface area contributed by atoms with E-state index in [1.54, 1.807) is 19.3 Å². The lowest BCUT2D eigenvalue weighted by atomic mass is 10.2. The molecule has 6 nitrogen and oxygen atoms in total. The number of methoxy groups -OCH3 is 1. The van der Waals surface area contributed by atoms with Crippen LogP contribution in [0.25, 0.3) is 11.4 Å². The topological polar surface area (TPSA) is 78.4 Å². The van der Waals surface area contributed by atoms with Crippen LogP contribution in [0.15, 0.2) is 21.3 Å². The van der Waals surface area contributed by atoms with Gasteiger partial charge < -0.3 is 13.7 Å². The van der Waals surface area contributed by atoms with Gasteiger partial charge in [0.2, 0.25) is 11.7 Å². The maximum absolute atomic E-state index is 11.3. The third-order valence-electron chi connectivity index (χ3n) is 2.22. The SMILES string of the molecule is COCC(=O)Cc1nc(-c2ccoc2C)no1. The van der Waals surface area contributed by atoms with Gasteiger partial charge in [0.25, 0.3) is 0 Å². The average Bonchev–Trinajstić information content (AvgIpc) is 2.87. The fourth-order valence-corrected chi connectivity index (χ4v) is 1.43. The van der Waals surface area contributed by atoms with Crippen molar-refractivity contribution in [3.05, 3.63) is 24.0 Å². The summed E-state index contributed by atoms with van der Waals surface area (Å²) < 4.78 is 14.8. The van der Waals surface area contributed by atoms with E-state index in [-0.39, 0.29) is 24.7 Å². The van der Waals surface area contributed by atoms with Gasteiger partial charge in [-0.05, 0) is 13.0 Å². The lowest BCUT2D eigenvalue weighted by molar-refractivity contribution is -0.122. The summed E-state index contributed by atoms with van der Waals surface area (Å²) in [6.45, 7) is 1.85. The predicted molar refractivity (Wildman–Crippen MR) is 57.3 cm³/mol. The number of aryl methyl sites for hydroxylation is 1. The standard InChI is InChI=1S/C11H12N2O4/c1-7-9(3-4-16-7)11-12-10(17-13-11)5-8(14)6-15-2/h3-4H,5-6H2,1-2H3. The molecule has 2 aromatic rings. The Bertz CT molecular complexity index is 515. The summed E-state index contributed by atoms with van der Waals surface area (Å²) in [5, 5.41) is 3.79. The van der Waals surface area contributed by atoms with Gasteiger partial charge in [-0.1, -0.05) is 5.16 Å². The zero-order chi connectivity index (χ0) is 12.3. The highest BCUT2D eigenvalue weighted by Gasteiger charge is 2.14.